The van der Waals surface area contributed by atoms with E-state index in [0.29, 0.717) is 30.3 Å². The van der Waals surface area contributed by atoms with Gasteiger partial charge in [-0.05, 0) is 36.4 Å². The number of anilines is 2. The first-order valence-electron chi connectivity index (χ1n) is 7.79. The molecule has 0 unspecified atom stereocenters. The molecule has 0 saturated heterocycles. The maximum Gasteiger partial charge on any atom is 0.416 e. The fraction of sp³-hybridized carbons (Fsp3) is 0.222. The highest BCUT2D eigenvalue weighted by Crippen LogP contribution is 2.34. The van der Waals surface area contributed by atoms with E-state index >= 15 is 0 Å². The molecule has 136 valence electrons. The van der Waals surface area contributed by atoms with Crippen molar-refractivity contribution in [2.24, 2.45) is 0 Å². The van der Waals surface area contributed by atoms with Gasteiger partial charge in [0.2, 0.25) is 5.91 Å². The number of carbonyl (C=O) groups is 2. The first kappa shape index (κ1) is 17.8. The van der Waals surface area contributed by atoms with E-state index in [1.165, 1.54) is 6.92 Å². The number of fused-ring (bicyclic) bond motifs is 1. The van der Waals surface area contributed by atoms with E-state index in [0.717, 1.165) is 24.3 Å². The smallest absolute Gasteiger partial charge is 0.416 e. The maximum absolute atomic E-state index is 12.6. The summed E-state index contributed by atoms with van der Waals surface area (Å²) in [6.45, 7) is 2.23. The molecular formula is C18H15F3N2O3. The van der Waals surface area contributed by atoms with Crippen molar-refractivity contribution in [3.63, 3.8) is 0 Å². The third-order valence-corrected chi connectivity index (χ3v) is 3.94. The molecule has 0 radical (unpaired) electrons. The standard InChI is InChI=1S/C18H15F3N2O3/c1-11(24)23-8-9-26-16-10-14(6-7-15(16)23)22-17(25)12-2-4-13(5-3-12)18(19,20)21/h2-7,10H,8-9H2,1H3,(H,22,25). The SMILES string of the molecule is CC(=O)N1CCOc2cc(NC(=O)c3ccc(C(F)(F)F)cc3)ccc21. The average molecular weight is 364 g/mol. The number of amides is 2. The zero-order chi connectivity index (χ0) is 18.9. The molecule has 2 aromatic rings. The molecule has 0 spiro atoms. The minimum Gasteiger partial charge on any atom is -0.489 e. The molecule has 0 saturated carbocycles. The zero-order valence-corrected chi connectivity index (χ0v) is 13.8. The molecule has 0 atom stereocenters. The Hall–Kier alpha value is -3.03. The Balaban J connectivity index is 1.77. The van der Waals surface area contributed by atoms with E-state index in [2.05, 4.69) is 5.32 Å². The second-order valence-corrected chi connectivity index (χ2v) is 5.73. The van der Waals surface area contributed by atoms with Gasteiger partial charge in [0.1, 0.15) is 12.4 Å². The topological polar surface area (TPSA) is 58.6 Å². The van der Waals surface area contributed by atoms with Crippen molar-refractivity contribution in [1.29, 1.82) is 0 Å². The minimum atomic E-state index is -4.45. The van der Waals surface area contributed by atoms with Crippen molar-refractivity contribution < 1.29 is 27.5 Å². The molecule has 0 bridgehead atoms. The molecule has 3 rings (SSSR count). The third-order valence-electron chi connectivity index (χ3n) is 3.94. The average Bonchev–Trinajstić information content (AvgIpc) is 2.60. The number of carbonyl (C=O) groups excluding carboxylic acids is 2. The quantitative estimate of drug-likeness (QED) is 0.884. The Morgan fingerprint density at radius 1 is 1.12 bits per heavy atom. The highest BCUT2D eigenvalue weighted by Gasteiger charge is 2.30. The molecule has 1 aliphatic rings. The highest BCUT2D eigenvalue weighted by atomic mass is 19.4. The molecule has 0 fully saturated rings. The number of halogens is 3. The predicted molar refractivity (Wildman–Crippen MR) is 89.4 cm³/mol. The van der Waals surface area contributed by atoms with Crippen molar-refractivity contribution in [3.05, 3.63) is 53.6 Å². The number of rotatable bonds is 2. The lowest BCUT2D eigenvalue weighted by molar-refractivity contribution is -0.137. The van der Waals surface area contributed by atoms with Crippen LogP contribution in [-0.4, -0.2) is 25.0 Å². The fourth-order valence-corrected chi connectivity index (χ4v) is 2.64. The van der Waals surface area contributed by atoms with Crippen molar-refractivity contribution in [2.45, 2.75) is 13.1 Å². The second-order valence-electron chi connectivity index (χ2n) is 5.73. The summed E-state index contributed by atoms with van der Waals surface area (Å²) < 4.78 is 43.2. The first-order chi connectivity index (χ1) is 12.3. The van der Waals surface area contributed by atoms with Gasteiger partial charge in [-0.25, -0.2) is 0 Å². The van der Waals surface area contributed by atoms with Crippen LogP contribution in [-0.2, 0) is 11.0 Å². The fourth-order valence-electron chi connectivity index (χ4n) is 2.64. The van der Waals surface area contributed by atoms with Crippen LogP contribution < -0.4 is 15.0 Å². The summed E-state index contributed by atoms with van der Waals surface area (Å²) in [5.74, 6) is -0.203. The van der Waals surface area contributed by atoms with E-state index in [9.17, 15) is 22.8 Å². The summed E-state index contributed by atoms with van der Waals surface area (Å²) in [5.41, 5.74) is 0.304. The lowest BCUT2D eigenvalue weighted by atomic mass is 10.1. The molecular weight excluding hydrogens is 349 g/mol. The number of alkyl halides is 3. The van der Waals surface area contributed by atoms with E-state index in [1.54, 1.807) is 23.1 Å². The number of hydrogen-bond donors (Lipinski definition) is 1. The molecule has 0 aromatic heterocycles. The van der Waals surface area contributed by atoms with Gasteiger partial charge in [-0.2, -0.15) is 13.2 Å². The lowest BCUT2D eigenvalue weighted by Crippen LogP contribution is -2.36. The zero-order valence-electron chi connectivity index (χ0n) is 13.8. The van der Waals surface area contributed by atoms with Gasteiger partial charge < -0.3 is 15.0 Å². The molecule has 1 aliphatic heterocycles. The predicted octanol–water partition coefficient (Wildman–Crippen LogP) is 3.70. The summed E-state index contributed by atoms with van der Waals surface area (Å²) in [4.78, 5) is 25.4. The number of nitrogens with one attached hydrogen (secondary N) is 1. The van der Waals surface area contributed by atoms with Gasteiger partial charge in [-0.15, -0.1) is 0 Å². The Kier molecular flexibility index (Phi) is 4.58. The molecule has 1 heterocycles. The summed E-state index contributed by atoms with van der Waals surface area (Å²) in [7, 11) is 0. The molecule has 2 aromatic carbocycles. The highest BCUT2D eigenvalue weighted by molar-refractivity contribution is 6.04. The number of hydrogen-bond acceptors (Lipinski definition) is 3. The van der Waals surface area contributed by atoms with Crippen molar-refractivity contribution in [3.8, 4) is 5.75 Å². The van der Waals surface area contributed by atoms with E-state index < -0.39 is 17.6 Å². The Bertz CT molecular complexity index is 848. The van der Waals surface area contributed by atoms with Gasteiger partial charge in [0, 0.05) is 24.2 Å². The second kappa shape index (κ2) is 6.70. The summed E-state index contributed by atoms with van der Waals surface area (Å²) >= 11 is 0. The number of ether oxygens (including phenoxy) is 1. The number of benzene rings is 2. The van der Waals surface area contributed by atoms with Crippen molar-refractivity contribution in [1.82, 2.24) is 0 Å². The van der Waals surface area contributed by atoms with Crippen LogP contribution in [0, 0.1) is 0 Å². The minimum absolute atomic E-state index is 0.0991. The Labute approximate surface area is 147 Å². The summed E-state index contributed by atoms with van der Waals surface area (Å²) in [6.07, 6.45) is -4.45. The van der Waals surface area contributed by atoms with Crippen LogP contribution in [0.25, 0.3) is 0 Å². The van der Waals surface area contributed by atoms with Crippen LogP contribution in [0.3, 0.4) is 0 Å². The van der Waals surface area contributed by atoms with Gasteiger partial charge in [0.05, 0.1) is 17.8 Å². The largest absolute Gasteiger partial charge is 0.489 e. The maximum atomic E-state index is 12.6. The Morgan fingerprint density at radius 3 is 2.42 bits per heavy atom. The molecule has 26 heavy (non-hydrogen) atoms. The van der Waals surface area contributed by atoms with Crippen LogP contribution >= 0.6 is 0 Å². The van der Waals surface area contributed by atoms with Crippen molar-refractivity contribution >= 4 is 23.2 Å². The van der Waals surface area contributed by atoms with Gasteiger partial charge in [-0.3, -0.25) is 9.59 Å². The van der Waals surface area contributed by atoms with E-state index in [1.807, 2.05) is 0 Å². The van der Waals surface area contributed by atoms with Gasteiger partial charge in [0.25, 0.3) is 5.91 Å². The van der Waals surface area contributed by atoms with Gasteiger partial charge in [0.15, 0.2) is 0 Å². The Morgan fingerprint density at radius 2 is 1.81 bits per heavy atom. The van der Waals surface area contributed by atoms with Crippen LogP contribution in [0.15, 0.2) is 42.5 Å². The van der Waals surface area contributed by atoms with Crippen LogP contribution in [0.1, 0.15) is 22.8 Å². The molecule has 8 heteroatoms. The van der Waals surface area contributed by atoms with Crippen LogP contribution in [0.5, 0.6) is 5.75 Å². The lowest BCUT2D eigenvalue weighted by Gasteiger charge is -2.29. The van der Waals surface area contributed by atoms with Crippen LogP contribution in [0.2, 0.25) is 0 Å². The normalized spacial score (nSPS) is 13.6. The monoisotopic (exact) mass is 364 g/mol. The summed E-state index contributed by atoms with van der Waals surface area (Å²) in [6, 6.07) is 8.77. The molecule has 5 nitrogen and oxygen atoms in total. The van der Waals surface area contributed by atoms with Crippen molar-refractivity contribution in [2.75, 3.05) is 23.4 Å². The van der Waals surface area contributed by atoms with Gasteiger partial charge >= 0.3 is 6.18 Å². The molecule has 1 N–H and O–H groups in total. The number of nitrogens with zero attached hydrogens (tertiary/aromatic N) is 1. The summed E-state index contributed by atoms with van der Waals surface area (Å²) in [5, 5.41) is 2.61. The first-order valence-corrected chi connectivity index (χ1v) is 7.79. The van der Waals surface area contributed by atoms with E-state index in [4.69, 9.17) is 4.74 Å². The van der Waals surface area contributed by atoms with Crippen LogP contribution in [0.4, 0.5) is 24.5 Å². The molecule has 2 amide bonds. The third kappa shape index (κ3) is 3.63. The van der Waals surface area contributed by atoms with Gasteiger partial charge in [-0.1, -0.05) is 0 Å². The molecule has 0 aliphatic carbocycles. The van der Waals surface area contributed by atoms with E-state index in [-0.39, 0.29) is 11.5 Å².